The molecule has 0 N–H and O–H groups in total. The van der Waals surface area contributed by atoms with Crippen molar-refractivity contribution in [3.8, 4) is 5.69 Å². The standard InChI is InChI=1S/C19H16N.C9H13.2ClH.Zr/c1-13-14(2)20(19-10-6-5-9-18(13)19)17-11-15-7-3-4-8-16(15)12-17;1-2-3-6-9-7-4-5-8-9;;;/h3-12H,1-2H3;4-5,7-8H,2-3,6H2,1H3;2*1H;/q2*-1;;;+4/p-2. The van der Waals surface area contributed by atoms with Crippen LogP contribution < -0.4 is 24.8 Å². The van der Waals surface area contributed by atoms with E-state index < -0.39 is 0 Å². The third kappa shape index (κ3) is 6.04. The molecule has 0 aliphatic rings. The Labute approximate surface area is 223 Å². The van der Waals surface area contributed by atoms with Crippen molar-refractivity contribution in [1.82, 2.24) is 4.57 Å². The molecule has 0 unspecified atom stereocenters. The van der Waals surface area contributed by atoms with Gasteiger partial charge >= 0.3 is 26.2 Å². The average Bonchev–Trinajstić information content (AvgIpc) is 3.46. The molecule has 0 saturated carbocycles. The van der Waals surface area contributed by atoms with Crippen molar-refractivity contribution in [3.63, 3.8) is 0 Å². The number of rotatable bonds is 4. The van der Waals surface area contributed by atoms with Gasteiger partial charge < -0.3 is 29.4 Å². The predicted octanol–water partition coefficient (Wildman–Crippen LogP) is 1.87. The van der Waals surface area contributed by atoms with E-state index in [1.807, 2.05) is 0 Å². The zero-order chi connectivity index (χ0) is 20.2. The van der Waals surface area contributed by atoms with Crippen LogP contribution in [0.4, 0.5) is 0 Å². The fourth-order valence-corrected chi connectivity index (χ4v) is 4.09. The minimum absolute atomic E-state index is 0. The topological polar surface area (TPSA) is 4.93 Å². The molecule has 1 nitrogen and oxygen atoms in total. The third-order valence-corrected chi connectivity index (χ3v) is 5.84. The van der Waals surface area contributed by atoms with E-state index in [4.69, 9.17) is 0 Å². The number of fused-ring (bicyclic) bond motifs is 2. The number of aryl methyl sites for hydroxylation is 2. The molecule has 4 heteroatoms. The zero-order valence-corrected chi connectivity index (χ0v) is 22.9. The Morgan fingerprint density at radius 2 is 1.53 bits per heavy atom. The summed E-state index contributed by atoms with van der Waals surface area (Å²) in [5, 5.41) is 3.95. The first-order valence-electron chi connectivity index (χ1n) is 10.6. The van der Waals surface area contributed by atoms with E-state index in [2.05, 4.69) is 110 Å². The van der Waals surface area contributed by atoms with Gasteiger partial charge in [-0.2, -0.15) is 17.7 Å². The average molecular weight is 542 g/mol. The molecule has 5 aromatic rings. The predicted molar refractivity (Wildman–Crippen MR) is 126 cm³/mol. The van der Waals surface area contributed by atoms with Gasteiger partial charge in [0.2, 0.25) is 0 Å². The molecule has 164 valence electrons. The molecular weight excluding hydrogens is 512 g/mol. The maximum absolute atomic E-state index is 2.37. The van der Waals surface area contributed by atoms with E-state index in [1.165, 1.54) is 63.4 Å². The van der Waals surface area contributed by atoms with Gasteiger partial charge in [0, 0.05) is 11.1 Å². The second-order valence-corrected chi connectivity index (χ2v) is 7.80. The molecule has 0 atom stereocenters. The summed E-state index contributed by atoms with van der Waals surface area (Å²) in [6.07, 6.45) is 3.87. The van der Waals surface area contributed by atoms with Gasteiger partial charge in [0.15, 0.2) is 0 Å². The SMILES string of the molecule is CCCC[c-]1cccc1.Cc1c(C)n(-c2cc3ccccc3[cH-]2)c2ccccc12.[Cl-].[Cl-].[Zr+4]. The normalized spacial score (nSPS) is 9.97. The Hall–Kier alpha value is -1.60. The van der Waals surface area contributed by atoms with Crippen LogP contribution >= 0.6 is 0 Å². The Morgan fingerprint density at radius 1 is 0.875 bits per heavy atom. The van der Waals surface area contributed by atoms with Crippen LogP contribution in [0.3, 0.4) is 0 Å². The van der Waals surface area contributed by atoms with E-state index in [0.29, 0.717) is 0 Å². The zero-order valence-electron chi connectivity index (χ0n) is 18.9. The summed E-state index contributed by atoms with van der Waals surface area (Å²) in [6.45, 7) is 6.63. The fourth-order valence-electron chi connectivity index (χ4n) is 4.09. The van der Waals surface area contributed by atoms with Crippen molar-refractivity contribution in [2.75, 3.05) is 0 Å². The van der Waals surface area contributed by atoms with Crippen LogP contribution in [0.1, 0.15) is 36.6 Å². The van der Waals surface area contributed by atoms with Crippen molar-refractivity contribution < 1.29 is 51.0 Å². The van der Waals surface area contributed by atoms with Crippen LogP contribution in [0.15, 0.2) is 84.9 Å². The molecule has 5 rings (SSSR count). The van der Waals surface area contributed by atoms with Gasteiger partial charge in [-0.15, -0.1) is 41.1 Å². The van der Waals surface area contributed by atoms with Gasteiger partial charge in [0.05, 0.1) is 5.52 Å². The van der Waals surface area contributed by atoms with E-state index in [9.17, 15) is 0 Å². The van der Waals surface area contributed by atoms with Crippen molar-refractivity contribution in [2.24, 2.45) is 0 Å². The van der Waals surface area contributed by atoms with Gasteiger partial charge in [0.25, 0.3) is 0 Å². The van der Waals surface area contributed by atoms with E-state index in [0.717, 1.165) is 0 Å². The minimum atomic E-state index is 0. The number of para-hydroxylation sites is 1. The van der Waals surface area contributed by atoms with Crippen LogP contribution in [0, 0.1) is 13.8 Å². The smallest absolute Gasteiger partial charge is 1.00 e. The number of nitrogens with zero attached hydrogens (tertiary/aromatic N) is 1. The monoisotopic (exact) mass is 539 g/mol. The summed E-state index contributed by atoms with van der Waals surface area (Å²) in [7, 11) is 0. The molecule has 0 spiro atoms. The summed E-state index contributed by atoms with van der Waals surface area (Å²) in [6, 6.07) is 30.3. The minimum Gasteiger partial charge on any atom is -1.00 e. The van der Waals surface area contributed by atoms with E-state index in [-0.39, 0.29) is 51.0 Å². The number of hydrogen-bond donors (Lipinski definition) is 0. The number of halogens is 2. The van der Waals surface area contributed by atoms with Crippen LogP contribution in [-0.2, 0) is 32.6 Å². The van der Waals surface area contributed by atoms with Crippen LogP contribution in [0.2, 0.25) is 0 Å². The maximum Gasteiger partial charge on any atom is 4.00 e. The van der Waals surface area contributed by atoms with Crippen LogP contribution in [0.5, 0.6) is 0 Å². The van der Waals surface area contributed by atoms with Gasteiger partial charge in [-0.05, 0) is 31.2 Å². The summed E-state index contributed by atoms with van der Waals surface area (Å²) in [5.74, 6) is 0. The molecule has 32 heavy (non-hydrogen) atoms. The molecule has 4 aromatic carbocycles. The number of aromatic nitrogens is 1. The van der Waals surface area contributed by atoms with Gasteiger partial charge in [-0.1, -0.05) is 50.5 Å². The molecule has 0 aliphatic heterocycles. The van der Waals surface area contributed by atoms with Crippen molar-refractivity contribution in [3.05, 3.63) is 102 Å². The third-order valence-electron chi connectivity index (χ3n) is 5.84. The molecule has 0 radical (unpaired) electrons. The molecular formula is C28H29Cl2NZr. The van der Waals surface area contributed by atoms with E-state index in [1.54, 1.807) is 0 Å². The molecule has 1 heterocycles. The Bertz CT molecular complexity index is 1180. The maximum atomic E-state index is 2.37. The van der Waals surface area contributed by atoms with Crippen molar-refractivity contribution in [2.45, 2.75) is 40.0 Å². The van der Waals surface area contributed by atoms with E-state index >= 15 is 0 Å². The summed E-state index contributed by atoms with van der Waals surface area (Å²) >= 11 is 0. The number of benzene rings is 2. The van der Waals surface area contributed by atoms with Gasteiger partial charge in [0.1, 0.15) is 0 Å². The van der Waals surface area contributed by atoms with Gasteiger partial charge in [-0.25, -0.2) is 12.1 Å². The van der Waals surface area contributed by atoms with Gasteiger partial charge in [-0.3, -0.25) is 0 Å². The Kier molecular flexibility index (Phi) is 11.7. The number of hydrogen-bond acceptors (Lipinski definition) is 0. The molecule has 0 amide bonds. The molecule has 0 bridgehead atoms. The first-order chi connectivity index (χ1) is 14.2. The molecule has 0 aliphatic carbocycles. The van der Waals surface area contributed by atoms with Crippen LogP contribution in [0.25, 0.3) is 27.4 Å². The molecule has 0 fully saturated rings. The first kappa shape index (κ1) is 28.4. The quantitative estimate of drug-likeness (QED) is 0.307. The number of unbranched alkanes of at least 4 members (excludes halogenated alkanes) is 1. The molecule has 1 aromatic heterocycles. The Balaban J connectivity index is 0.000000369. The second kappa shape index (κ2) is 13.2. The second-order valence-electron chi connectivity index (χ2n) is 7.80. The summed E-state index contributed by atoms with van der Waals surface area (Å²) < 4.78 is 2.37. The fraction of sp³-hybridized carbons (Fsp3) is 0.214. The van der Waals surface area contributed by atoms with Crippen molar-refractivity contribution in [1.29, 1.82) is 0 Å². The molecule has 0 saturated heterocycles. The van der Waals surface area contributed by atoms with Crippen LogP contribution in [-0.4, -0.2) is 4.57 Å². The Morgan fingerprint density at radius 3 is 2.22 bits per heavy atom. The largest absolute Gasteiger partial charge is 4.00 e. The summed E-state index contributed by atoms with van der Waals surface area (Å²) in [4.78, 5) is 0. The summed E-state index contributed by atoms with van der Waals surface area (Å²) in [5.41, 5.74) is 6.72. The first-order valence-corrected chi connectivity index (χ1v) is 10.6. The van der Waals surface area contributed by atoms with Crippen molar-refractivity contribution >= 4 is 21.7 Å².